The molecule has 290 valence electrons. The molecular weight excluding hydrogens is 884 g/mol. The summed E-state index contributed by atoms with van der Waals surface area (Å²) in [5.74, 6) is -0.433. The number of carbonyl (C=O) groups is 1. The number of aromatic amines is 1. The lowest BCUT2D eigenvalue weighted by Crippen LogP contribution is -2.39. The molecule has 0 aliphatic heterocycles. The van der Waals surface area contributed by atoms with Gasteiger partial charge in [0.05, 0.1) is 31.1 Å². The summed E-state index contributed by atoms with van der Waals surface area (Å²) in [6, 6.07) is 10.7. The van der Waals surface area contributed by atoms with Crippen molar-refractivity contribution in [2.24, 2.45) is 7.05 Å². The molecule has 3 heterocycles. The number of halogens is 5. The number of aromatic hydroxyl groups is 2. The molecule has 3 aromatic carbocycles. The van der Waals surface area contributed by atoms with Crippen LogP contribution >= 0.6 is 81.5 Å². The van der Waals surface area contributed by atoms with Gasteiger partial charge in [-0.15, -0.1) is 0 Å². The van der Waals surface area contributed by atoms with Crippen LogP contribution in [0.15, 0.2) is 92.3 Å². The average molecular weight is 910 g/mol. The first kappa shape index (κ1) is 43.5. The molecule has 0 atom stereocenters. The van der Waals surface area contributed by atoms with Crippen LogP contribution in [-0.4, -0.2) is 65.6 Å². The number of fused-ring (bicyclic) bond motifs is 1. The average Bonchev–Trinajstić information content (AvgIpc) is 3.76. The number of hydrogen-bond donors (Lipinski definition) is 5. The van der Waals surface area contributed by atoms with Gasteiger partial charge in [-0.1, -0.05) is 76.7 Å². The third kappa shape index (κ3) is 11.9. The number of sulfonamides is 1. The van der Waals surface area contributed by atoms with Gasteiger partial charge in [-0.2, -0.15) is 0 Å². The van der Waals surface area contributed by atoms with Crippen molar-refractivity contribution in [2.45, 2.75) is 38.1 Å². The van der Waals surface area contributed by atoms with Crippen molar-refractivity contribution in [3.63, 3.8) is 0 Å². The lowest BCUT2D eigenvalue weighted by molar-refractivity contribution is -0.392. The van der Waals surface area contributed by atoms with Crippen molar-refractivity contribution < 1.29 is 28.3 Å². The molecule has 0 unspecified atom stereocenters. The van der Waals surface area contributed by atoms with Crippen LogP contribution in [0.3, 0.4) is 0 Å². The predicted molar refractivity (Wildman–Crippen MR) is 212 cm³/mol. The van der Waals surface area contributed by atoms with Crippen molar-refractivity contribution in [1.29, 1.82) is 0 Å². The maximum absolute atomic E-state index is 11.7. The fraction of sp³-hybridized carbons (Fsp3) is 0.129. The zero-order valence-electron chi connectivity index (χ0n) is 28.0. The normalized spacial score (nSPS) is 10.9. The van der Waals surface area contributed by atoms with Gasteiger partial charge >= 0.3 is 11.8 Å². The number of nitro groups is 1. The minimum absolute atomic E-state index is 0.00597. The number of urea groups is 1. The maximum Gasteiger partial charge on any atom is 0.396 e. The zero-order valence-corrected chi connectivity index (χ0v) is 34.2. The third-order valence-electron chi connectivity index (χ3n) is 6.51. The Bertz CT molecular complexity index is 2380. The number of carbonyl (C=O) groups excluding carboxylic acids is 1. The van der Waals surface area contributed by atoms with Crippen LogP contribution in [0.2, 0.25) is 25.1 Å². The van der Waals surface area contributed by atoms with Crippen LogP contribution in [0.5, 0.6) is 11.5 Å². The SMILES string of the molecule is CCCNC(=O)NS(=O)(=O)c1ccc(Cl)cc1.Cn1cnc([N+](=O)[O-])c1Sc1ncnc2nc[nH]c12.Oc1c(Cl)cc(Cl)cc1Sc1cc(Cl)cc(Cl)c1O. The van der Waals surface area contributed by atoms with Crippen LogP contribution < -0.4 is 10.0 Å². The molecule has 0 spiro atoms. The Hall–Kier alpha value is -4.21. The highest BCUT2D eigenvalue weighted by molar-refractivity contribution is 7.99. The molecule has 2 amide bonds. The summed E-state index contributed by atoms with van der Waals surface area (Å²) in [6.45, 7) is 2.29. The Morgan fingerprint density at radius 1 is 0.909 bits per heavy atom. The first-order chi connectivity index (χ1) is 26.0. The van der Waals surface area contributed by atoms with Crippen LogP contribution in [-0.2, 0) is 17.1 Å². The Morgan fingerprint density at radius 2 is 1.51 bits per heavy atom. The highest BCUT2D eigenvalue weighted by atomic mass is 35.5. The van der Waals surface area contributed by atoms with Gasteiger partial charge in [0, 0.05) is 28.7 Å². The molecule has 5 N–H and O–H groups in total. The summed E-state index contributed by atoms with van der Waals surface area (Å²) in [4.78, 5) is 41.2. The van der Waals surface area contributed by atoms with Crippen LogP contribution in [0.25, 0.3) is 11.2 Å². The van der Waals surface area contributed by atoms with Gasteiger partial charge in [0.2, 0.25) is 6.33 Å². The van der Waals surface area contributed by atoms with Gasteiger partial charge < -0.3 is 35.2 Å². The fourth-order valence-electron chi connectivity index (χ4n) is 3.99. The molecule has 0 radical (unpaired) electrons. The van der Waals surface area contributed by atoms with E-state index in [9.17, 15) is 33.5 Å². The molecule has 24 heteroatoms. The number of H-pyrrole nitrogens is 1. The van der Waals surface area contributed by atoms with Crippen molar-refractivity contribution >= 4 is 115 Å². The lowest BCUT2D eigenvalue weighted by Gasteiger charge is -2.09. The fourth-order valence-corrected chi connectivity index (χ4v) is 8.24. The molecule has 3 aromatic heterocycles. The van der Waals surface area contributed by atoms with E-state index >= 15 is 0 Å². The number of nitrogens with one attached hydrogen (secondary N) is 3. The minimum atomic E-state index is -3.83. The van der Waals surface area contributed by atoms with Gasteiger partial charge in [-0.3, -0.25) is 0 Å². The van der Waals surface area contributed by atoms with E-state index in [0.29, 0.717) is 52.6 Å². The van der Waals surface area contributed by atoms with E-state index in [0.717, 1.165) is 29.9 Å². The van der Waals surface area contributed by atoms with Crippen LogP contribution in [0.1, 0.15) is 13.3 Å². The molecular formula is C31H26Cl5N9O7S3. The molecule has 0 fully saturated rings. The third-order valence-corrected chi connectivity index (χ3v) is 11.4. The molecule has 6 rings (SSSR count). The van der Waals surface area contributed by atoms with Gasteiger partial charge in [-0.25, -0.2) is 32.9 Å². The number of benzene rings is 3. The summed E-state index contributed by atoms with van der Waals surface area (Å²) in [6.07, 6.45) is 5.00. The molecule has 0 saturated heterocycles. The summed E-state index contributed by atoms with van der Waals surface area (Å²) < 4.78 is 26.9. The number of nitrogens with zero attached hydrogens (tertiary/aromatic N) is 6. The van der Waals surface area contributed by atoms with Gasteiger partial charge in [0.1, 0.15) is 28.4 Å². The molecule has 0 bridgehead atoms. The number of aryl methyl sites for hydroxylation is 1. The summed E-state index contributed by atoms with van der Waals surface area (Å²) >= 11 is 31.2. The Balaban J connectivity index is 0.000000184. The number of aromatic nitrogens is 6. The standard InChI is InChI=1S/C12H6Cl4O2S.C10H13ClN2O3S.C9H7N7O2S/c13-5-1-7(15)11(17)9(3-5)19-10-4-6(14)2-8(16)12(10)18;1-2-7-12-10(14)13-17(15,16)9-5-3-8(11)4-6-9;1-15-4-14-7(16(17)18)9(15)19-8-5-6(11-2-10-5)12-3-13-8/h1-4,17-18H;3-6H,2,7H2,1H3,(H2,12,13,14);2-4H,1H3,(H,10,11,12,13). The molecule has 0 aliphatic rings. The van der Waals surface area contributed by atoms with E-state index in [1.165, 1.54) is 67.5 Å². The first-order valence-corrected chi connectivity index (χ1v) is 20.1. The zero-order chi connectivity index (χ0) is 40.4. The van der Waals surface area contributed by atoms with Crippen molar-refractivity contribution in [3.8, 4) is 11.5 Å². The highest BCUT2D eigenvalue weighted by Gasteiger charge is 2.23. The van der Waals surface area contributed by atoms with E-state index in [1.54, 1.807) is 11.6 Å². The molecule has 55 heavy (non-hydrogen) atoms. The largest absolute Gasteiger partial charge is 0.505 e. The Kier molecular flexibility index (Phi) is 15.5. The van der Waals surface area contributed by atoms with Crippen molar-refractivity contribution in [1.82, 2.24) is 39.5 Å². The number of amides is 2. The number of hydrogen-bond acceptors (Lipinski definition) is 13. The minimum Gasteiger partial charge on any atom is -0.505 e. The number of rotatable bonds is 9. The first-order valence-electron chi connectivity index (χ1n) is 15.1. The molecule has 16 nitrogen and oxygen atoms in total. The Morgan fingerprint density at radius 3 is 2.07 bits per heavy atom. The number of phenols is 2. The van der Waals surface area contributed by atoms with Crippen LogP contribution in [0.4, 0.5) is 10.6 Å². The molecule has 0 aliphatic carbocycles. The maximum atomic E-state index is 11.7. The van der Waals surface area contributed by atoms with E-state index in [2.05, 4.69) is 30.2 Å². The van der Waals surface area contributed by atoms with Gasteiger partial charge in [-0.05, 0) is 76.6 Å². The highest BCUT2D eigenvalue weighted by Crippen LogP contribution is 2.46. The molecule has 0 saturated carbocycles. The number of imidazole rings is 2. The number of phenolic OH excluding ortho intramolecular Hbond substituents is 2. The van der Waals surface area contributed by atoms with Crippen molar-refractivity contribution in [2.75, 3.05) is 6.54 Å². The summed E-state index contributed by atoms with van der Waals surface area (Å²) in [7, 11) is -2.14. The lowest BCUT2D eigenvalue weighted by atomic mass is 10.3. The monoisotopic (exact) mass is 907 g/mol. The topological polar surface area (TPSA) is 231 Å². The second kappa shape index (κ2) is 19.6. The van der Waals surface area contributed by atoms with Crippen LogP contribution in [0, 0.1) is 10.1 Å². The summed E-state index contributed by atoms with van der Waals surface area (Å²) in [5.41, 5.74) is 1.16. The van der Waals surface area contributed by atoms with Gasteiger partial charge in [0.25, 0.3) is 10.0 Å². The van der Waals surface area contributed by atoms with Gasteiger partial charge in [0.15, 0.2) is 10.7 Å². The van der Waals surface area contributed by atoms with E-state index in [-0.39, 0.29) is 32.3 Å². The molecule has 6 aromatic rings. The Labute approximate surface area is 346 Å². The van der Waals surface area contributed by atoms with E-state index in [4.69, 9.17) is 58.0 Å². The second-order valence-electron chi connectivity index (χ2n) is 10.5. The smallest absolute Gasteiger partial charge is 0.396 e. The summed E-state index contributed by atoms with van der Waals surface area (Å²) in [5, 5.41) is 35.4. The van der Waals surface area contributed by atoms with Crippen molar-refractivity contribution in [3.05, 3.63) is 103 Å². The second-order valence-corrected chi connectivity index (χ2v) is 16.4. The quantitative estimate of drug-likeness (QED) is 0.0520. The predicted octanol–water partition coefficient (Wildman–Crippen LogP) is 8.75. The van der Waals surface area contributed by atoms with E-state index in [1.807, 2.05) is 11.6 Å². The van der Waals surface area contributed by atoms with E-state index < -0.39 is 21.0 Å².